The minimum absolute atomic E-state index is 0.208. The summed E-state index contributed by atoms with van der Waals surface area (Å²) in [6.45, 7) is 2.96. The second-order valence-electron chi connectivity index (χ2n) is 8.08. The number of methoxy groups -OCH3 is 1. The molecule has 2 saturated heterocycles. The topological polar surface area (TPSA) is 79.3 Å². The molecule has 0 aromatic heterocycles. The lowest BCUT2D eigenvalue weighted by Gasteiger charge is -2.45. The van der Waals surface area contributed by atoms with Gasteiger partial charge in [0, 0.05) is 31.8 Å². The molecule has 2 aliphatic heterocycles. The van der Waals surface area contributed by atoms with Crippen molar-refractivity contribution < 1.29 is 37.3 Å². The summed E-state index contributed by atoms with van der Waals surface area (Å²) in [4.78, 5) is 25.9. The number of benzene rings is 1. The summed E-state index contributed by atoms with van der Waals surface area (Å²) >= 11 is 0. The van der Waals surface area contributed by atoms with Crippen LogP contribution in [0.4, 0.5) is 13.2 Å². The number of rotatable bonds is 6. The first-order valence-electron chi connectivity index (χ1n) is 10.6. The van der Waals surface area contributed by atoms with Crippen molar-refractivity contribution in [1.29, 1.82) is 0 Å². The molecule has 0 saturated carbocycles. The van der Waals surface area contributed by atoms with Crippen molar-refractivity contribution in [3.8, 4) is 5.75 Å². The van der Waals surface area contributed by atoms with E-state index < -0.39 is 12.1 Å². The Kier molecular flexibility index (Phi) is 9.33. The van der Waals surface area contributed by atoms with Crippen LogP contribution in [0, 0.1) is 0 Å². The van der Waals surface area contributed by atoms with Crippen LogP contribution in [0.1, 0.15) is 32.1 Å². The van der Waals surface area contributed by atoms with Crippen molar-refractivity contribution in [3.63, 3.8) is 0 Å². The molecular formula is C22H31F3N2O5. The van der Waals surface area contributed by atoms with Crippen molar-refractivity contribution >= 4 is 11.9 Å². The van der Waals surface area contributed by atoms with Crippen LogP contribution in [-0.2, 0) is 14.3 Å². The van der Waals surface area contributed by atoms with E-state index in [1.807, 2.05) is 35.2 Å². The maximum atomic E-state index is 12.5. The number of carbonyl (C=O) groups excluding carboxylic acids is 1. The van der Waals surface area contributed by atoms with Gasteiger partial charge < -0.3 is 19.5 Å². The van der Waals surface area contributed by atoms with E-state index in [1.54, 1.807) is 7.11 Å². The van der Waals surface area contributed by atoms with Crippen LogP contribution < -0.4 is 4.74 Å². The second-order valence-corrected chi connectivity index (χ2v) is 8.08. The standard InChI is InChI=1S/C20H30N2O3.C2HF3O2/c1-21-17(16-24-2)8-10-20(21)11-13-22(14-12-20)19(23)9-15-25-18-6-4-3-5-7-18;3-2(4,5)1(6)7/h3-7,17H,8-16H2,1-2H3;(H,6,7). The Balaban J connectivity index is 0.000000451. The zero-order chi connectivity index (χ0) is 23.8. The highest BCUT2D eigenvalue weighted by molar-refractivity contribution is 5.76. The van der Waals surface area contributed by atoms with Gasteiger partial charge in [0.05, 0.1) is 19.6 Å². The molecule has 1 aromatic rings. The van der Waals surface area contributed by atoms with Gasteiger partial charge in [0.25, 0.3) is 0 Å². The number of carboxylic acids is 1. The molecule has 7 nitrogen and oxygen atoms in total. The average Bonchev–Trinajstić information content (AvgIpc) is 3.05. The van der Waals surface area contributed by atoms with Crippen molar-refractivity contribution in [3.05, 3.63) is 30.3 Å². The quantitative estimate of drug-likeness (QED) is 0.703. The number of carboxylic acid groups (broad SMARTS) is 1. The largest absolute Gasteiger partial charge is 0.493 e. The number of nitrogens with zero attached hydrogens (tertiary/aromatic N) is 2. The molecule has 180 valence electrons. The lowest BCUT2D eigenvalue weighted by molar-refractivity contribution is -0.192. The zero-order valence-electron chi connectivity index (χ0n) is 18.4. The number of hydrogen-bond acceptors (Lipinski definition) is 5. The van der Waals surface area contributed by atoms with E-state index in [0.29, 0.717) is 19.1 Å². The highest BCUT2D eigenvalue weighted by Gasteiger charge is 2.46. The number of likely N-dealkylation sites (N-methyl/N-ethyl adjacent to an activating group) is 1. The SMILES string of the molecule is COCC1CCC2(CCN(C(=O)CCOc3ccccc3)CC2)N1C.O=C(O)C(F)(F)F. The summed E-state index contributed by atoms with van der Waals surface area (Å²) in [5, 5.41) is 7.12. The number of ether oxygens (including phenoxy) is 2. The molecular weight excluding hydrogens is 429 g/mol. The van der Waals surface area contributed by atoms with E-state index in [9.17, 15) is 18.0 Å². The first-order valence-corrected chi connectivity index (χ1v) is 10.6. The van der Waals surface area contributed by atoms with Gasteiger partial charge in [-0.1, -0.05) is 18.2 Å². The van der Waals surface area contributed by atoms with Gasteiger partial charge in [-0.2, -0.15) is 13.2 Å². The minimum atomic E-state index is -5.08. The van der Waals surface area contributed by atoms with E-state index in [2.05, 4.69) is 11.9 Å². The number of piperidine rings is 1. The van der Waals surface area contributed by atoms with Gasteiger partial charge in [-0.15, -0.1) is 0 Å². The van der Waals surface area contributed by atoms with Crippen molar-refractivity contribution in [1.82, 2.24) is 9.80 Å². The maximum Gasteiger partial charge on any atom is 0.490 e. The fourth-order valence-electron chi connectivity index (χ4n) is 4.29. The summed E-state index contributed by atoms with van der Waals surface area (Å²) in [5.41, 5.74) is 0.264. The fourth-order valence-corrected chi connectivity index (χ4v) is 4.29. The van der Waals surface area contributed by atoms with E-state index in [1.165, 1.54) is 12.8 Å². The molecule has 1 N–H and O–H groups in total. The Labute approximate surface area is 186 Å². The summed E-state index contributed by atoms with van der Waals surface area (Å²) in [5.74, 6) is -1.72. The highest BCUT2D eigenvalue weighted by Crippen LogP contribution is 2.40. The molecule has 2 aliphatic rings. The van der Waals surface area contributed by atoms with Crippen LogP contribution in [0.5, 0.6) is 5.75 Å². The number of alkyl halides is 3. The average molecular weight is 460 g/mol. The molecule has 10 heteroatoms. The van der Waals surface area contributed by atoms with E-state index in [0.717, 1.165) is 38.3 Å². The van der Waals surface area contributed by atoms with Crippen LogP contribution in [0.15, 0.2) is 30.3 Å². The van der Waals surface area contributed by atoms with Gasteiger partial charge in [0.1, 0.15) is 5.75 Å². The first-order chi connectivity index (χ1) is 15.1. The third-order valence-corrected chi connectivity index (χ3v) is 6.22. The van der Waals surface area contributed by atoms with Gasteiger partial charge in [-0.05, 0) is 44.9 Å². The van der Waals surface area contributed by atoms with Crippen LogP contribution >= 0.6 is 0 Å². The van der Waals surface area contributed by atoms with Crippen LogP contribution in [0.25, 0.3) is 0 Å². The first kappa shape index (κ1) is 25.9. The molecule has 2 fully saturated rings. The monoisotopic (exact) mass is 460 g/mol. The van der Waals surface area contributed by atoms with Crippen LogP contribution in [0.3, 0.4) is 0 Å². The highest BCUT2D eigenvalue weighted by atomic mass is 19.4. The predicted octanol–water partition coefficient (Wildman–Crippen LogP) is 3.19. The Morgan fingerprint density at radius 1 is 1.16 bits per heavy atom. The number of likely N-dealkylation sites (tertiary alicyclic amines) is 2. The molecule has 1 atom stereocenters. The van der Waals surface area contributed by atoms with Crippen molar-refractivity contribution in [2.75, 3.05) is 40.5 Å². The molecule has 2 heterocycles. The summed E-state index contributed by atoms with van der Waals surface area (Å²) in [7, 11) is 4.00. The van der Waals surface area contributed by atoms with Gasteiger partial charge >= 0.3 is 12.1 Å². The molecule has 1 spiro atoms. The van der Waals surface area contributed by atoms with Gasteiger partial charge in [0.2, 0.25) is 5.91 Å². The molecule has 1 unspecified atom stereocenters. The minimum Gasteiger partial charge on any atom is -0.493 e. The Hall–Kier alpha value is -2.33. The van der Waals surface area contributed by atoms with Crippen LogP contribution in [-0.4, -0.2) is 85.0 Å². The molecule has 0 radical (unpaired) electrons. The summed E-state index contributed by atoms with van der Waals surface area (Å²) < 4.78 is 42.7. The molecule has 3 rings (SSSR count). The van der Waals surface area contributed by atoms with Gasteiger partial charge in [0.15, 0.2) is 0 Å². The molecule has 32 heavy (non-hydrogen) atoms. The second kappa shape index (κ2) is 11.5. The van der Waals surface area contributed by atoms with Crippen LogP contribution in [0.2, 0.25) is 0 Å². The molecule has 1 amide bonds. The van der Waals surface area contributed by atoms with Gasteiger partial charge in [-0.25, -0.2) is 4.79 Å². The maximum absolute atomic E-state index is 12.5. The third-order valence-electron chi connectivity index (χ3n) is 6.22. The number of amides is 1. The molecule has 1 aromatic carbocycles. The number of carbonyl (C=O) groups is 2. The van der Waals surface area contributed by atoms with E-state index in [4.69, 9.17) is 19.4 Å². The number of para-hydroxylation sites is 1. The predicted molar refractivity (Wildman–Crippen MR) is 111 cm³/mol. The summed E-state index contributed by atoms with van der Waals surface area (Å²) in [6, 6.07) is 10.2. The number of hydrogen-bond donors (Lipinski definition) is 1. The van der Waals surface area contributed by atoms with Gasteiger partial charge in [-0.3, -0.25) is 9.69 Å². The zero-order valence-corrected chi connectivity index (χ0v) is 18.4. The van der Waals surface area contributed by atoms with Crippen molar-refractivity contribution in [2.45, 2.75) is 49.9 Å². The lowest BCUT2D eigenvalue weighted by atomic mass is 9.85. The third kappa shape index (κ3) is 7.09. The Bertz CT molecular complexity index is 737. The van der Waals surface area contributed by atoms with Crippen molar-refractivity contribution in [2.24, 2.45) is 0 Å². The number of aliphatic carboxylic acids is 1. The Morgan fingerprint density at radius 3 is 2.28 bits per heavy atom. The summed E-state index contributed by atoms with van der Waals surface area (Å²) in [6.07, 6.45) is -0.0894. The normalized spacial score (nSPS) is 20.5. The molecule has 0 aliphatic carbocycles. The fraction of sp³-hybridized carbons (Fsp3) is 0.636. The van der Waals surface area contributed by atoms with E-state index in [-0.39, 0.29) is 11.4 Å². The van der Waals surface area contributed by atoms with E-state index >= 15 is 0 Å². The number of halogens is 3. The lowest BCUT2D eigenvalue weighted by Crippen LogP contribution is -2.54. The molecule has 0 bridgehead atoms. The smallest absolute Gasteiger partial charge is 0.490 e. The Morgan fingerprint density at radius 2 is 1.75 bits per heavy atom.